The summed E-state index contributed by atoms with van der Waals surface area (Å²) in [6.45, 7) is 4.21. The average Bonchev–Trinajstić information content (AvgIpc) is 3.00. The number of hydrogen-bond donors (Lipinski definition) is 1. The Balaban J connectivity index is 1.91. The van der Waals surface area contributed by atoms with E-state index in [1.165, 1.54) is 0 Å². The second-order valence-corrected chi connectivity index (χ2v) is 5.47. The first-order valence-electron chi connectivity index (χ1n) is 7.29. The first kappa shape index (κ1) is 13.2. The van der Waals surface area contributed by atoms with Crippen molar-refractivity contribution in [2.75, 3.05) is 13.1 Å². The quantitative estimate of drug-likeness (QED) is 0.926. The highest BCUT2D eigenvalue weighted by Gasteiger charge is 2.38. The van der Waals surface area contributed by atoms with Gasteiger partial charge in [-0.25, -0.2) is 0 Å². The summed E-state index contributed by atoms with van der Waals surface area (Å²) in [5.41, 5.74) is 0.955. The summed E-state index contributed by atoms with van der Waals surface area (Å²) < 4.78 is 5.59. The van der Waals surface area contributed by atoms with Crippen molar-refractivity contribution in [2.45, 2.75) is 38.0 Å². The molecule has 1 fully saturated rings. The van der Waals surface area contributed by atoms with Crippen LogP contribution in [0.2, 0.25) is 0 Å². The van der Waals surface area contributed by atoms with Gasteiger partial charge in [0.2, 0.25) is 11.7 Å². The van der Waals surface area contributed by atoms with Crippen LogP contribution in [0.1, 0.15) is 38.5 Å². The lowest BCUT2D eigenvalue weighted by atomic mass is 9.77. The van der Waals surface area contributed by atoms with Crippen LogP contribution in [-0.4, -0.2) is 28.2 Å². The van der Waals surface area contributed by atoms with Gasteiger partial charge in [-0.15, -0.1) is 0 Å². The maximum atomic E-state index is 5.59. The highest BCUT2D eigenvalue weighted by atomic mass is 16.5. The maximum Gasteiger partial charge on any atom is 0.234 e. The highest BCUT2D eigenvalue weighted by molar-refractivity contribution is 5.52. The van der Waals surface area contributed by atoms with E-state index in [1.807, 2.05) is 12.1 Å². The number of aromatic nitrogens is 3. The summed E-state index contributed by atoms with van der Waals surface area (Å²) in [6, 6.07) is 3.81. The summed E-state index contributed by atoms with van der Waals surface area (Å²) >= 11 is 0. The van der Waals surface area contributed by atoms with E-state index in [-0.39, 0.29) is 5.41 Å². The summed E-state index contributed by atoms with van der Waals surface area (Å²) in [5.74, 6) is 1.43. The van der Waals surface area contributed by atoms with Crippen LogP contribution < -0.4 is 5.32 Å². The minimum atomic E-state index is 0.00524. The van der Waals surface area contributed by atoms with Crippen LogP contribution >= 0.6 is 0 Å². The summed E-state index contributed by atoms with van der Waals surface area (Å²) in [5, 5.41) is 7.62. The molecule has 20 heavy (non-hydrogen) atoms. The molecule has 2 aromatic heterocycles. The number of piperidine rings is 1. The number of hydrogen-bond acceptors (Lipinski definition) is 5. The molecule has 0 bridgehead atoms. The Bertz CT molecular complexity index is 541. The summed E-state index contributed by atoms with van der Waals surface area (Å²) in [7, 11) is 0. The van der Waals surface area contributed by atoms with Gasteiger partial charge in [-0.1, -0.05) is 18.5 Å². The Morgan fingerprint density at radius 2 is 2.20 bits per heavy atom. The molecule has 106 valence electrons. The minimum Gasteiger partial charge on any atom is -0.338 e. The van der Waals surface area contributed by atoms with Crippen molar-refractivity contribution in [3.63, 3.8) is 0 Å². The molecule has 3 heterocycles. The molecule has 0 saturated carbocycles. The molecule has 0 aromatic carbocycles. The lowest BCUT2D eigenvalue weighted by Crippen LogP contribution is -2.43. The van der Waals surface area contributed by atoms with E-state index in [9.17, 15) is 0 Å². The van der Waals surface area contributed by atoms with E-state index in [1.54, 1.807) is 12.4 Å². The zero-order valence-corrected chi connectivity index (χ0v) is 11.8. The fourth-order valence-corrected chi connectivity index (χ4v) is 3.01. The standard InChI is InChI=1S/C15H20N4O/c1-2-6-15(7-3-8-17-11-15)14-18-13(19-20-14)12-4-9-16-10-5-12/h4-5,9-10,17H,2-3,6-8,11H2,1H3. The predicted molar refractivity (Wildman–Crippen MR) is 76.2 cm³/mol. The van der Waals surface area contributed by atoms with Gasteiger partial charge in [0.15, 0.2) is 0 Å². The minimum absolute atomic E-state index is 0.00524. The number of pyridine rings is 1. The van der Waals surface area contributed by atoms with E-state index >= 15 is 0 Å². The summed E-state index contributed by atoms with van der Waals surface area (Å²) in [4.78, 5) is 8.66. The van der Waals surface area contributed by atoms with Gasteiger partial charge in [-0.2, -0.15) is 4.98 Å². The Kier molecular flexibility index (Phi) is 3.78. The lowest BCUT2D eigenvalue weighted by Gasteiger charge is -2.34. The van der Waals surface area contributed by atoms with E-state index in [2.05, 4.69) is 27.4 Å². The fraction of sp³-hybridized carbons (Fsp3) is 0.533. The molecule has 1 aliphatic rings. The second kappa shape index (κ2) is 5.71. The van der Waals surface area contributed by atoms with Crippen LogP contribution in [-0.2, 0) is 5.41 Å². The van der Waals surface area contributed by atoms with Crippen molar-refractivity contribution in [3.05, 3.63) is 30.4 Å². The first-order valence-corrected chi connectivity index (χ1v) is 7.29. The molecule has 1 unspecified atom stereocenters. The van der Waals surface area contributed by atoms with Gasteiger partial charge < -0.3 is 9.84 Å². The molecule has 1 N–H and O–H groups in total. The average molecular weight is 272 g/mol. The molecule has 0 aliphatic carbocycles. The van der Waals surface area contributed by atoms with Gasteiger partial charge in [0, 0.05) is 24.5 Å². The molecule has 1 atom stereocenters. The number of nitrogens with zero attached hydrogens (tertiary/aromatic N) is 3. The smallest absolute Gasteiger partial charge is 0.234 e. The van der Waals surface area contributed by atoms with Crippen LogP contribution in [0.4, 0.5) is 0 Å². The van der Waals surface area contributed by atoms with Crippen LogP contribution in [0, 0.1) is 0 Å². The van der Waals surface area contributed by atoms with Crippen LogP contribution in [0.5, 0.6) is 0 Å². The monoisotopic (exact) mass is 272 g/mol. The first-order chi connectivity index (χ1) is 9.84. The Morgan fingerprint density at radius 3 is 2.90 bits per heavy atom. The topological polar surface area (TPSA) is 63.8 Å². The Hall–Kier alpha value is -1.75. The van der Waals surface area contributed by atoms with Gasteiger partial charge in [0.25, 0.3) is 0 Å². The van der Waals surface area contributed by atoms with Crippen LogP contribution in [0.3, 0.4) is 0 Å². The molecule has 1 aliphatic heterocycles. The van der Waals surface area contributed by atoms with Crippen molar-refractivity contribution in [3.8, 4) is 11.4 Å². The molecular weight excluding hydrogens is 252 g/mol. The van der Waals surface area contributed by atoms with Gasteiger partial charge in [-0.05, 0) is 37.9 Å². The third-order valence-electron chi connectivity index (χ3n) is 4.02. The third-order valence-corrected chi connectivity index (χ3v) is 4.02. The van der Waals surface area contributed by atoms with Gasteiger partial charge >= 0.3 is 0 Å². The van der Waals surface area contributed by atoms with Crippen molar-refractivity contribution in [1.29, 1.82) is 0 Å². The zero-order valence-electron chi connectivity index (χ0n) is 11.8. The molecule has 3 rings (SSSR count). The fourth-order valence-electron chi connectivity index (χ4n) is 3.01. The van der Waals surface area contributed by atoms with Crippen molar-refractivity contribution in [2.24, 2.45) is 0 Å². The SMILES string of the molecule is CCCC1(c2nc(-c3ccncc3)no2)CCCNC1. The van der Waals surface area contributed by atoms with Gasteiger partial charge in [0.05, 0.1) is 5.41 Å². The van der Waals surface area contributed by atoms with E-state index < -0.39 is 0 Å². The molecule has 5 heteroatoms. The highest BCUT2D eigenvalue weighted by Crippen LogP contribution is 2.35. The van der Waals surface area contributed by atoms with E-state index in [4.69, 9.17) is 4.52 Å². The molecule has 0 amide bonds. The second-order valence-electron chi connectivity index (χ2n) is 5.47. The molecular formula is C15H20N4O. The Labute approximate surface area is 118 Å². The van der Waals surface area contributed by atoms with Crippen LogP contribution in [0.25, 0.3) is 11.4 Å². The number of rotatable bonds is 4. The molecule has 0 spiro atoms. The maximum absolute atomic E-state index is 5.59. The third kappa shape index (κ3) is 2.45. The molecule has 1 saturated heterocycles. The predicted octanol–water partition coefficient (Wildman–Crippen LogP) is 2.55. The van der Waals surface area contributed by atoms with Gasteiger partial charge in [-0.3, -0.25) is 4.98 Å². The zero-order chi connectivity index (χ0) is 13.8. The summed E-state index contributed by atoms with van der Waals surface area (Å²) in [6.07, 6.45) is 7.97. The van der Waals surface area contributed by atoms with Crippen molar-refractivity contribution in [1.82, 2.24) is 20.4 Å². The molecule has 2 aromatic rings. The Morgan fingerprint density at radius 1 is 1.35 bits per heavy atom. The van der Waals surface area contributed by atoms with E-state index in [0.29, 0.717) is 5.82 Å². The van der Waals surface area contributed by atoms with E-state index in [0.717, 1.165) is 50.2 Å². The molecule has 5 nitrogen and oxygen atoms in total. The van der Waals surface area contributed by atoms with Crippen molar-refractivity contribution < 1.29 is 4.52 Å². The lowest BCUT2D eigenvalue weighted by molar-refractivity contribution is 0.213. The normalized spacial score (nSPS) is 22.9. The molecule has 0 radical (unpaired) electrons. The number of nitrogens with one attached hydrogen (secondary N) is 1. The van der Waals surface area contributed by atoms with Crippen molar-refractivity contribution >= 4 is 0 Å². The van der Waals surface area contributed by atoms with Gasteiger partial charge in [0.1, 0.15) is 0 Å². The largest absolute Gasteiger partial charge is 0.338 e. The van der Waals surface area contributed by atoms with Crippen LogP contribution in [0.15, 0.2) is 29.0 Å².